The van der Waals surface area contributed by atoms with Crippen LogP contribution in [0.25, 0.3) is 0 Å². The summed E-state index contributed by atoms with van der Waals surface area (Å²) < 4.78 is 35.7. The van der Waals surface area contributed by atoms with Gasteiger partial charge in [-0.1, -0.05) is 31.3 Å². The maximum absolute atomic E-state index is 13.0. The zero-order chi connectivity index (χ0) is 15.3. The minimum Gasteiger partial charge on any atom is -0.386 e. The molecule has 0 saturated heterocycles. The Morgan fingerprint density at radius 3 is 2.35 bits per heavy atom. The number of alkyl halides is 1. The third kappa shape index (κ3) is 4.50. The first kappa shape index (κ1) is 17.0. The summed E-state index contributed by atoms with van der Waals surface area (Å²) in [6, 6.07) is 4.88. The fraction of sp³-hybridized carbons (Fsp3) is 0.462. The van der Waals surface area contributed by atoms with Crippen LogP contribution >= 0.6 is 12.2 Å². The highest BCUT2D eigenvalue weighted by Crippen LogP contribution is 2.20. The Kier molecular flexibility index (Phi) is 6.04. The van der Waals surface area contributed by atoms with E-state index >= 15 is 0 Å². The number of hydrogen-bond donors (Lipinski definition) is 2. The number of benzene rings is 1. The molecule has 0 bridgehead atoms. The lowest BCUT2D eigenvalue weighted by molar-refractivity contribution is 0.123. The van der Waals surface area contributed by atoms with E-state index in [4.69, 9.17) is 12.2 Å². The molecule has 0 aliphatic carbocycles. The molecular formula is C13H18FNO3S2. The van der Waals surface area contributed by atoms with Crippen LogP contribution in [0.3, 0.4) is 0 Å². The molecule has 1 aromatic carbocycles. The highest BCUT2D eigenvalue weighted by atomic mass is 32.2. The molecule has 0 aliphatic heterocycles. The van der Waals surface area contributed by atoms with Gasteiger partial charge in [-0.15, -0.1) is 0 Å². The van der Waals surface area contributed by atoms with Gasteiger partial charge in [0.25, 0.3) is 0 Å². The molecule has 20 heavy (non-hydrogen) atoms. The molecule has 0 spiro atoms. The first-order chi connectivity index (χ1) is 9.29. The van der Waals surface area contributed by atoms with Gasteiger partial charge in [0.15, 0.2) is 9.84 Å². The number of nitrogens with one attached hydrogen (secondary N) is 1. The Hall–Kier alpha value is -1.05. The number of hydrogen-bond acceptors (Lipinski definition) is 4. The zero-order valence-electron chi connectivity index (χ0n) is 11.3. The van der Waals surface area contributed by atoms with E-state index in [1.54, 1.807) is 0 Å². The predicted octanol–water partition coefficient (Wildman–Crippen LogP) is 1.79. The van der Waals surface area contributed by atoms with Crippen LogP contribution in [0, 0.1) is 0 Å². The summed E-state index contributed by atoms with van der Waals surface area (Å²) in [6.07, 6.45) is 0.563. The summed E-state index contributed by atoms with van der Waals surface area (Å²) in [7, 11) is -3.29. The van der Waals surface area contributed by atoms with Crippen molar-refractivity contribution in [3.8, 4) is 0 Å². The van der Waals surface area contributed by atoms with Crippen molar-refractivity contribution in [2.45, 2.75) is 30.4 Å². The summed E-state index contributed by atoms with van der Waals surface area (Å²) >= 11 is 4.97. The molecule has 0 aromatic heterocycles. The number of aliphatic hydroxyl groups excluding tert-OH is 1. The van der Waals surface area contributed by atoms with Crippen molar-refractivity contribution in [2.75, 3.05) is 12.9 Å². The predicted molar refractivity (Wildman–Crippen MR) is 80.3 cm³/mol. The Bertz CT molecular complexity index is 557. The lowest BCUT2D eigenvalue weighted by Gasteiger charge is -2.23. The molecule has 0 fully saturated rings. The van der Waals surface area contributed by atoms with Crippen LogP contribution in [-0.4, -0.2) is 37.5 Å². The van der Waals surface area contributed by atoms with Gasteiger partial charge in [0.2, 0.25) is 0 Å². The molecule has 0 aliphatic rings. The maximum atomic E-state index is 13.0. The average Bonchev–Trinajstić information content (AvgIpc) is 2.42. The lowest BCUT2D eigenvalue weighted by Crippen LogP contribution is -2.39. The molecule has 2 N–H and O–H groups in total. The molecular weight excluding hydrogens is 301 g/mol. The summed E-state index contributed by atoms with van der Waals surface area (Å²) in [5, 5.41) is 12.9. The van der Waals surface area contributed by atoms with Crippen LogP contribution in [0.2, 0.25) is 0 Å². The van der Waals surface area contributed by atoms with Gasteiger partial charge in [-0.3, -0.25) is 0 Å². The topological polar surface area (TPSA) is 66.4 Å². The molecule has 0 amide bonds. The van der Waals surface area contributed by atoms with Crippen molar-refractivity contribution in [1.82, 2.24) is 5.32 Å². The third-order valence-electron chi connectivity index (χ3n) is 2.86. The van der Waals surface area contributed by atoms with Gasteiger partial charge < -0.3 is 10.4 Å². The second kappa shape index (κ2) is 7.10. The number of rotatable bonds is 6. The molecule has 1 aromatic rings. The van der Waals surface area contributed by atoms with Gasteiger partial charge in [0, 0.05) is 6.26 Å². The van der Waals surface area contributed by atoms with Crippen LogP contribution in [0.15, 0.2) is 29.2 Å². The van der Waals surface area contributed by atoms with E-state index in [0.29, 0.717) is 17.0 Å². The smallest absolute Gasteiger partial charge is 0.175 e. The molecule has 1 rings (SSSR count). The number of halogens is 1. The van der Waals surface area contributed by atoms with Crippen molar-refractivity contribution in [3.05, 3.63) is 29.8 Å². The van der Waals surface area contributed by atoms with Crippen LogP contribution in [0.5, 0.6) is 0 Å². The third-order valence-corrected chi connectivity index (χ3v) is 4.40. The summed E-state index contributed by atoms with van der Waals surface area (Å²) in [6.45, 7) is 1.05. The highest BCUT2D eigenvalue weighted by molar-refractivity contribution is 7.90. The molecule has 2 atom stereocenters. The van der Waals surface area contributed by atoms with Crippen LogP contribution in [0.1, 0.15) is 25.0 Å². The first-order valence-electron chi connectivity index (χ1n) is 6.13. The van der Waals surface area contributed by atoms with E-state index in [1.807, 2.05) is 6.92 Å². The second-order valence-corrected chi connectivity index (χ2v) is 6.98. The first-order valence-corrected chi connectivity index (χ1v) is 8.43. The van der Waals surface area contributed by atoms with Gasteiger partial charge in [-0.05, 0) is 24.1 Å². The van der Waals surface area contributed by atoms with E-state index in [2.05, 4.69) is 5.32 Å². The fourth-order valence-electron chi connectivity index (χ4n) is 1.66. The molecule has 0 saturated carbocycles. The summed E-state index contributed by atoms with van der Waals surface area (Å²) in [5.41, 5.74) is 0.437. The van der Waals surface area contributed by atoms with E-state index < -0.39 is 28.7 Å². The number of thiocarbonyl (C=S) groups is 1. The molecule has 0 unspecified atom stereocenters. The summed E-state index contributed by atoms with van der Waals surface area (Å²) in [5.74, 6) is 0. The van der Waals surface area contributed by atoms with Crippen molar-refractivity contribution in [1.29, 1.82) is 0 Å². The van der Waals surface area contributed by atoms with E-state index in [0.717, 1.165) is 6.26 Å². The van der Waals surface area contributed by atoms with Gasteiger partial charge in [-0.2, -0.15) is 0 Å². The second-order valence-electron chi connectivity index (χ2n) is 4.47. The zero-order valence-corrected chi connectivity index (χ0v) is 13.0. The molecule has 7 heteroatoms. The van der Waals surface area contributed by atoms with Crippen molar-refractivity contribution in [3.63, 3.8) is 0 Å². The van der Waals surface area contributed by atoms with Gasteiger partial charge in [0.1, 0.15) is 12.8 Å². The maximum Gasteiger partial charge on any atom is 0.175 e. The number of aliphatic hydroxyl groups is 1. The number of sulfone groups is 1. The van der Waals surface area contributed by atoms with E-state index in [-0.39, 0.29) is 4.90 Å². The Morgan fingerprint density at radius 1 is 1.40 bits per heavy atom. The Balaban J connectivity index is 2.90. The normalized spacial score (nSPS) is 14.6. The molecule has 112 valence electrons. The van der Waals surface area contributed by atoms with Gasteiger partial charge in [-0.25, -0.2) is 12.8 Å². The highest BCUT2D eigenvalue weighted by Gasteiger charge is 2.21. The molecule has 0 radical (unpaired) electrons. The molecule has 4 nitrogen and oxygen atoms in total. The largest absolute Gasteiger partial charge is 0.386 e. The Labute approximate surface area is 123 Å². The average molecular weight is 319 g/mol. The van der Waals surface area contributed by atoms with E-state index in [9.17, 15) is 17.9 Å². The minimum absolute atomic E-state index is 0.155. The monoisotopic (exact) mass is 319 g/mol. The standard InChI is InChI=1S/C13H18FNO3S2/c1-3-12(19)15-11(8-14)13(16)9-4-6-10(7-5-9)20(2,17)18/h4-7,11,13,16H,3,8H2,1-2H3,(H,15,19)/t11-,13+/m1/s1. The minimum atomic E-state index is -3.29. The van der Waals surface area contributed by atoms with Gasteiger partial charge >= 0.3 is 0 Å². The fourth-order valence-corrected chi connectivity index (χ4v) is 2.44. The Morgan fingerprint density at radius 2 is 1.95 bits per heavy atom. The van der Waals surface area contributed by atoms with Crippen molar-refractivity contribution < 1.29 is 17.9 Å². The summed E-state index contributed by atoms with van der Waals surface area (Å²) in [4.78, 5) is 0.627. The van der Waals surface area contributed by atoms with E-state index in [1.165, 1.54) is 24.3 Å². The van der Waals surface area contributed by atoms with Crippen LogP contribution in [-0.2, 0) is 9.84 Å². The SMILES string of the molecule is CCC(=S)N[C@H](CF)[C@@H](O)c1ccc(S(C)(=O)=O)cc1. The lowest BCUT2D eigenvalue weighted by atomic mass is 10.0. The molecule has 0 heterocycles. The van der Waals surface area contributed by atoms with Crippen molar-refractivity contribution in [2.24, 2.45) is 0 Å². The van der Waals surface area contributed by atoms with Gasteiger partial charge in [0.05, 0.1) is 15.9 Å². The van der Waals surface area contributed by atoms with Crippen LogP contribution in [0.4, 0.5) is 4.39 Å². The van der Waals surface area contributed by atoms with Crippen molar-refractivity contribution >= 4 is 27.0 Å². The quantitative estimate of drug-likeness (QED) is 0.783. The van der Waals surface area contributed by atoms with Crippen LogP contribution < -0.4 is 5.32 Å².